The number of ketones is 1. The third-order valence-corrected chi connectivity index (χ3v) is 6.64. The van der Waals surface area contributed by atoms with Gasteiger partial charge in [-0.3, -0.25) is 9.59 Å². The second-order valence-electron chi connectivity index (χ2n) is 10.1. The zero-order valence-electron chi connectivity index (χ0n) is 20.7. The first-order chi connectivity index (χ1) is 17.2. The van der Waals surface area contributed by atoms with Gasteiger partial charge >= 0.3 is 0 Å². The summed E-state index contributed by atoms with van der Waals surface area (Å²) in [6.07, 6.45) is 0. The van der Waals surface area contributed by atoms with Crippen LogP contribution in [0.3, 0.4) is 0 Å². The molecule has 0 bridgehead atoms. The van der Waals surface area contributed by atoms with E-state index >= 15 is 0 Å². The van der Waals surface area contributed by atoms with Crippen LogP contribution < -0.4 is 9.47 Å². The molecule has 0 aromatic heterocycles. The molecule has 3 aromatic carbocycles. The molecule has 6 heteroatoms. The summed E-state index contributed by atoms with van der Waals surface area (Å²) < 4.78 is 11.2. The lowest BCUT2D eigenvalue weighted by atomic mass is 9.85. The van der Waals surface area contributed by atoms with Crippen molar-refractivity contribution in [3.63, 3.8) is 0 Å². The fraction of sp³-hybridized carbons (Fsp3) is 0.267. The van der Waals surface area contributed by atoms with E-state index in [4.69, 9.17) is 9.47 Å². The van der Waals surface area contributed by atoms with E-state index in [-0.39, 0.29) is 23.3 Å². The second-order valence-corrected chi connectivity index (χ2v) is 10.1. The van der Waals surface area contributed by atoms with Crippen molar-refractivity contribution < 1.29 is 24.2 Å². The predicted molar refractivity (Wildman–Crippen MR) is 137 cm³/mol. The molecule has 2 aliphatic heterocycles. The largest absolute Gasteiger partial charge is 0.507 e. The van der Waals surface area contributed by atoms with Crippen LogP contribution in [0.4, 0.5) is 0 Å². The van der Waals surface area contributed by atoms with Gasteiger partial charge in [0.05, 0.1) is 11.6 Å². The summed E-state index contributed by atoms with van der Waals surface area (Å²) in [5.74, 6) is -0.497. The van der Waals surface area contributed by atoms with Crippen LogP contribution in [-0.2, 0) is 21.5 Å². The number of aliphatic hydroxyl groups excluding tert-OH is 1. The number of likely N-dealkylation sites (tertiary alicyclic amines) is 1. The van der Waals surface area contributed by atoms with E-state index < -0.39 is 17.7 Å². The zero-order valence-corrected chi connectivity index (χ0v) is 20.7. The maximum atomic E-state index is 13.4. The molecule has 0 spiro atoms. The van der Waals surface area contributed by atoms with Crippen LogP contribution in [0.2, 0.25) is 0 Å². The van der Waals surface area contributed by atoms with Crippen LogP contribution in [0, 0.1) is 0 Å². The predicted octanol–water partition coefficient (Wildman–Crippen LogP) is 5.38. The van der Waals surface area contributed by atoms with Crippen molar-refractivity contribution in [3.05, 3.63) is 101 Å². The maximum absolute atomic E-state index is 13.4. The van der Waals surface area contributed by atoms with Gasteiger partial charge in [-0.2, -0.15) is 0 Å². The molecule has 184 valence electrons. The van der Waals surface area contributed by atoms with Gasteiger partial charge in [-0.25, -0.2) is 0 Å². The van der Waals surface area contributed by atoms with Gasteiger partial charge in [0, 0.05) is 12.1 Å². The first-order valence-corrected chi connectivity index (χ1v) is 12.1. The Morgan fingerprint density at radius 2 is 1.58 bits per heavy atom. The van der Waals surface area contributed by atoms with E-state index in [2.05, 4.69) is 20.8 Å². The van der Waals surface area contributed by atoms with Gasteiger partial charge < -0.3 is 19.5 Å². The van der Waals surface area contributed by atoms with Crippen molar-refractivity contribution in [3.8, 4) is 11.5 Å². The SMILES string of the molecule is CC(C)(C)c1ccc([C@H]2C(=C(O)c3ccc4c(c3)OCCO4)C(=O)C(=O)N2Cc2ccccc2)cc1. The van der Waals surface area contributed by atoms with Gasteiger partial charge in [0.1, 0.15) is 19.0 Å². The highest BCUT2D eigenvalue weighted by Crippen LogP contribution is 2.42. The lowest BCUT2D eigenvalue weighted by Gasteiger charge is -2.27. The summed E-state index contributed by atoms with van der Waals surface area (Å²) in [6.45, 7) is 7.49. The molecule has 3 aromatic rings. The van der Waals surface area contributed by atoms with Crippen molar-refractivity contribution >= 4 is 17.4 Å². The Kier molecular flexibility index (Phi) is 6.04. The van der Waals surface area contributed by atoms with Crippen molar-refractivity contribution in [1.29, 1.82) is 0 Å². The standard InChI is InChI=1S/C30H29NO5/c1-30(2,3)22-12-9-20(10-13-22)26-25(27(32)21-11-14-23-24(17-21)36-16-15-35-23)28(33)29(34)31(26)18-19-7-5-4-6-8-19/h4-14,17,26,32H,15-16,18H2,1-3H3/t26-/m0/s1. The number of nitrogens with zero attached hydrogens (tertiary/aromatic N) is 1. The summed E-state index contributed by atoms with van der Waals surface area (Å²) in [4.78, 5) is 28.2. The van der Waals surface area contributed by atoms with Crippen LogP contribution in [0.15, 0.2) is 78.4 Å². The van der Waals surface area contributed by atoms with E-state index in [0.29, 0.717) is 30.3 Å². The topological polar surface area (TPSA) is 76.1 Å². The Hall–Kier alpha value is -4.06. The van der Waals surface area contributed by atoms with Crippen LogP contribution >= 0.6 is 0 Å². The minimum absolute atomic E-state index is 0.0461. The van der Waals surface area contributed by atoms with Crippen LogP contribution in [0.1, 0.15) is 49.1 Å². The van der Waals surface area contributed by atoms with Crippen molar-refractivity contribution in [2.45, 2.75) is 38.8 Å². The third-order valence-electron chi connectivity index (χ3n) is 6.64. The third kappa shape index (κ3) is 4.35. The molecular formula is C30H29NO5. The van der Waals surface area contributed by atoms with E-state index in [1.54, 1.807) is 18.2 Å². The Bertz CT molecular complexity index is 1340. The van der Waals surface area contributed by atoms with E-state index in [1.165, 1.54) is 4.90 Å². The highest BCUT2D eigenvalue weighted by Gasteiger charge is 2.46. The van der Waals surface area contributed by atoms with Crippen LogP contribution in [0.25, 0.3) is 5.76 Å². The molecular weight excluding hydrogens is 454 g/mol. The molecule has 2 heterocycles. The van der Waals surface area contributed by atoms with Crippen LogP contribution in [-0.4, -0.2) is 34.9 Å². The number of Topliss-reactive ketones (excluding diaryl/α,β-unsaturated/α-hetero) is 1. The summed E-state index contributed by atoms with van der Waals surface area (Å²) in [6, 6.07) is 21.7. The van der Waals surface area contributed by atoms with Gasteiger partial charge in [0.25, 0.3) is 11.7 Å². The molecule has 36 heavy (non-hydrogen) atoms. The number of hydrogen-bond acceptors (Lipinski definition) is 5. The fourth-order valence-electron chi connectivity index (χ4n) is 4.68. The minimum Gasteiger partial charge on any atom is -0.507 e. The lowest BCUT2D eigenvalue weighted by molar-refractivity contribution is -0.140. The van der Waals surface area contributed by atoms with E-state index in [9.17, 15) is 14.7 Å². The highest BCUT2D eigenvalue weighted by atomic mass is 16.6. The molecule has 0 aliphatic carbocycles. The number of ether oxygens (including phenoxy) is 2. The number of carbonyl (C=O) groups is 2. The summed E-state index contributed by atoms with van der Waals surface area (Å²) in [5, 5.41) is 11.4. The number of hydrogen-bond donors (Lipinski definition) is 1. The van der Waals surface area contributed by atoms with Crippen molar-refractivity contribution in [2.75, 3.05) is 13.2 Å². The van der Waals surface area contributed by atoms with Crippen molar-refractivity contribution in [2.24, 2.45) is 0 Å². The number of amides is 1. The quantitative estimate of drug-likeness (QED) is 0.306. The molecule has 1 amide bonds. The number of fused-ring (bicyclic) bond motifs is 1. The first-order valence-electron chi connectivity index (χ1n) is 12.1. The molecule has 1 fully saturated rings. The van der Waals surface area contributed by atoms with E-state index in [1.807, 2.05) is 54.6 Å². The molecule has 5 rings (SSSR count). The van der Waals surface area contributed by atoms with Gasteiger partial charge in [-0.15, -0.1) is 0 Å². The number of aliphatic hydroxyl groups is 1. The second kappa shape index (κ2) is 9.19. The maximum Gasteiger partial charge on any atom is 0.295 e. The Labute approximate surface area is 210 Å². The molecule has 1 N–H and O–H groups in total. The number of rotatable bonds is 4. The molecule has 1 atom stereocenters. The van der Waals surface area contributed by atoms with Gasteiger partial charge in [-0.05, 0) is 40.3 Å². The summed E-state index contributed by atoms with van der Waals surface area (Å²) in [5.41, 5.74) is 3.21. The number of benzene rings is 3. The monoisotopic (exact) mass is 483 g/mol. The highest BCUT2D eigenvalue weighted by molar-refractivity contribution is 6.46. The minimum atomic E-state index is -0.729. The Balaban J connectivity index is 1.63. The number of carbonyl (C=O) groups excluding carboxylic acids is 2. The lowest BCUT2D eigenvalue weighted by Crippen LogP contribution is -2.29. The normalized spacial score (nSPS) is 19.0. The molecule has 2 aliphatic rings. The average molecular weight is 484 g/mol. The smallest absolute Gasteiger partial charge is 0.295 e. The molecule has 0 saturated carbocycles. The van der Waals surface area contributed by atoms with Gasteiger partial charge in [-0.1, -0.05) is 75.4 Å². The zero-order chi connectivity index (χ0) is 25.4. The molecule has 1 saturated heterocycles. The van der Waals surface area contributed by atoms with E-state index in [0.717, 1.165) is 16.7 Å². The average Bonchev–Trinajstić information content (AvgIpc) is 3.13. The summed E-state index contributed by atoms with van der Waals surface area (Å²) >= 11 is 0. The Morgan fingerprint density at radius 1 is 0.917 bits per heavy atom. The summed E-state index contributed by atoms with van der Waals surface area (Å²) in [7, 11) is 0. The van der Waals surface area contributed by atoms with Crippen LogP contribution in [0.5, 0.6) is 11.5 Å². The Morgan fingerprint density at radius 3 is 2.25 bits per heavy atom. The fourth-order valence-corrected chi connectivity index (χ4v) is 4.68. The van der Waals surface area contributed by atoms with Crippen molar-refractivity contribution in [1.82, 2.24) is 4.90 Å². The molecule has 0 unspecified atom stereocenters. The van der Waals surface area contributed by atoms with Gasteiger partial charge in [0.15, 0.2) is 11.5 Å². The van der Waals surface area contributed by atoms with Gasteiger partial charge in [0.2, 0.25) is 0 Å². The first kappa shape index (κ1) is 23.7. The molecule has 6 nitrogen and oxygen atoms in total. The molecule has 0 radical (unpaired) electrons.